The molecule has 2 rings (SSSR count). The highest BCUT2D eigenvalue weighted by Gasteiger charge is 2.22. The number of ether oxygens (including phenoxy) is 2. The zero-order valence-corrected chi connectivity index (χ0v) is 10.1. The molecule has 94 valence electrons. The Kier molecular flexibility index (Phi) is 3.32. The normalized spacial score (nSPS) is 10.3. The lowest BCUT2D eigenvalue weighted by Crippen LogP contribution is -2.18. The van der Waals surface area contributed by atoms with Crippen LogP contribution in [0.25, 0.3) is 10.9 Å². The van der Waals surface area contributed by atoms with E-state index in [1.807, 2.05) is 6.07 Å². The fourth-order valence-electron chi connectivity index (χ4n) is 1.73. The van der Waals surface area contributed by atoms with Gasteiger partial charge in [0.1, 0.15) is 5.75 Å². The van der Waals surface area contributed by atoms with Gasteiger partial charge >= 0.3 is 5.97 Å². The number of hydrogen-bond donors (Lipinski definition) is 1. The van der Waals surface area contributed by atoms with Crippen LogP contribution in [0.15, 0.2) is 24.4 Å². The van der Waals surface area contributed by atoms with Gasteiger partial charge in [0.15, 0.2) is 0 Å². The van der Waals surface area contributed by atoms with E-state index in [0.717, 1.165) is 10.9 Å². The largest absolute Gasteiger partial charge is 0.496 e. The number of benzene rings is 1. The molecule has 0 aliphatic carbocycles. The van der Waals surface area contributed by atoms with E-state index in [-0.39, 0.29) is 12.2 Å². The van der Waals surface area contributed by atoms with Crippen molar-refractivity contribution in [2.45, 2.75) is 6.92 Å². The van der Waals surface area contributed by atoms with Gasteiger partial charge in [0.25, 0.3) is 5.78 Å². The summed E-state index contributed by atoms with van der Waals surface area (Å²) in [5.41, 5.74) is 0.967. The molecule has 0 bridgehead atoms. The summed E-state index contributed by atoms with van der Waals surface area (Å²) < 4.78 is 9.83. The minimum absolute atomic E-state index is 0.164. The number of methoxy groups -OCH3 is 1. The number of carbonyl (C=O) groups excluding carboxylic acids is 2. The second-order valence-corrected chi connectivity index (χ2v) is 3.67. The summed E-state index contributed by atoms with van der Waals surface area (Å²) in [4.78, 5) is 26.3. The highest BCUT2D eigenvalue weighted by atomic mass is 16.5. The third kappa shape index (κ3) is 2.07. The van der Waals surface area contributed by atoms with Crippen molar-refractivity contribution in [3.63, 3.8) is 0 Å². The van der Waals surface area contributed by atoms with Gasteiger partial charge in [-0.2, -0.15) is 0 Å². The molecule has 1 aromatic carbocycles. The number of aromatic amines is 1. The van der Waals surface area contributed by atoms with Crippen molar-refractivity contribution in [3.05, 3.63) is 30.0 Å². The van der Waals surface area contributed by atoms with Crippen LogP contribution in [0.2, 0.25) is 0 Å². The Morgan fingerprint density at radius 1 is 1.33 bits per heavy atom. The number of ketones is 1. The van der Waals surface area contributed by atoms with Crippen LogP contribution in [0.5, 0.6) is 5.75 Å². The van der Waals surface area contributed by atoms with E-state index in [9.17, 15) is 9.59 Å². The highest BCUT2D eigenvalue weighted by Crippen LogP contribution is 2.25. The monoisotopic (exact) mass is 247 g/mol. The molecule has 0 amide bonds. The zero-order chi connectivity index (χ0) is 13.1. The van der Waals surface area contributed by atoms with Crippen molar-refractivity contribution in [1.82, 2.24) is 4.98 Å². The average molecular weight is 247 g/mol. The lowest BCUT2D eigenvalue weighted by atomic mass is 10.1. The fourth-order valence-corrected chi connectivity index (χ4v) is 1.73. The topological polar surface area (TPSA) is 68.4 Å². The number of rotatable bonds is 4. The van der Waals surface area contributed by atoms with E-state index < -0.39 is 11.8 Å². The first-order chi connectivity index (χ1) is 8.67. The minimum atomic E-state index is -0.873. The summed E-state index contributed by atoms with van der Waals surface area (Å²) in [5.74, 6) is -1.22. The molecule has 0 fully saturated rings. The first kappa shape index (κ1) is 12.2. The average Bonchev–Trinajstić information content (AvgIpc) is 2.83. The number of esters is 1. The number of carbonyl (C=O) groups is 2. The highest BCUT2D eigenvalue weighted by molar-refractivity contribution is 6.41. The summed E-state index contributed by atoms with van der Waals surface area (Å²) in [6.45, 7) is 1.81. The smallest absolute Gasteiger partial charge is 0.379 e. The lowest BCUT2D eigenvalue weighted by Gasteiger charge is -2.07. The Hall–Kier alpha value is -2.30. The number of Topliss-reactive ketones (excluding diaryl/α,β-unsaturated/α-hetero) is 1. The quantitative estimate of drug-likeness (QED) is 0.509. The Morgan fingerprint density at radius 3 is 2.78 bits per heavy atom. The summed E-state index contributed by atoms with van der Waals surface area (Å²) >= 11 is 0. The maximum atomic E-state index is 11.9. The Morgan fingerprint density at radius 2 is 2.11 bits per heavy atom. The number of aromatic nitrogens is 1. The number of fused-ring (bicyclic) bond motifs is 1. The number of H-pyrrole nitrogens is 1. The van der Waals surface area contributed by atoms with Crippen molar-refractivity contribution in [2.24, 2.45) is 0 Å². The molecular formula is C13H13NO4. The second-order valence-electron chi connectivity index (χ2n) is 3.67. The SMILES string of the molecule is CCOC(=O)C(=O)c1cc2[nH]ccc2cc1OC. The van der Waals surface area contributed by atoms with Gasteiger partial charge in [-0.3, -0.25) is 4.79 Å². The van der Waals surface area contributed by atoms with Gasteiger partial charge in [-0.15, -0.1) is 0 Å². The van der Waals surface area contributed by atoms with E-state index in [0.29, 0.717) is 5.75 Å². The van der Waals surface area contributed by atoms with Gasteiger partial charge in [0.2, 0.25) is 0 Å². The molecule has 1 heterocycles. The standard InChI is InChI=1S/C13H13NO4/c1-3-18-13(16)12(15)9-7-10-8(4-5-14-10)6-11(9)17-2/h4-7,14H,3H2,1-2H3. The van der Waals surface area contributed by atoms with Gasteiger partial charge < -0.3 is 14.5 Å². The van der Waals surface area contributed by atoms with Crippen LogP contribution in [-0.4, -0.2) is 30.5 Å². The zero-order valence-electron chi connectivity index (χ0n) is 10.1. The van der Waals surface area contributed by atoms with Crippen molar-refractivity contribution in [3.8, 4) is 5.75 Å². The van der Waals surface area contributed by atoms with Crippen molar-refractivity contribution >= 4 is 22.7 Å². The molecule has 0 spiro atoms. The molecule has 2 aromatic rings. The number of hydrogen-bond acceptors (Lipinski definition) is 4. The predicted molar refractivity (Wildman–Crippen MR) is 65.8 cm³/mol. The predicted octanol–water partition coefficient (Wildman–Crippen LogP) is 1.92. The first-order valence-corrected chi connectivity index (χ1v) is 5.54. The van der Waals surface area contributed by atoms with Crippen LogP contribution >= 0.6 is 0 Å². The third-order valence-electron chi connectivity index (χ3n) is 2.58. The molecule has 0 aliphatic heterocycles. The van der Waals surface area contributed by atoms with Gasteiger partial charge in [-0.25, -0.2) is 4.79 Å². The maximum absolute atomic E-state index is 11.9. The molecule has 0 radical (unpaired) electrons. The molecule has 5 nitrogen and oxygen atoms in total. The molecule has 18 heavy (non-hydrogen) atoms. The molecular weight excluding hydrogens is 234 g/mol. The summed E-state index contributed by atoms with van der Waals surface area (Å²) in [5, 5.41) is 0.909. The fraction of sp³-hybridized carbons (Fsp3) is 0.231. The molecule has 0 unspecified atom stereocenters. The lowest BCUT2D eigenvalue weighted by molar-refractivity contribution is -0.137. The van der Waals surface area contributed by atoms with Crippen LogP contribution in [0.4, 0.5) is 0 Å². The first-order valence-electron chi connectivity index (χ1n) is 5.54. The van der Waals surface area contributed by atoms with Crippen LogP contribution in [-0.2, 0) is 9.53 Å². The molecule has 1 N–H and O–H groups in total. The van der Waals surface area contributed by atoms with E-state index in [2.05, 4.69) is 4.98 Å². The van der Waals surface area contributed by atoms with E-state index in [1.165, 1.54) is 7.11 Å². The minimum Gasteiger partial charge on any atom is -0.496 e. The van der Waals surface area contributed by atoms with Gasteiger partial charge in [0.05, 0.1) is 19.3 Å². The van der Waals surface area contributed by atoms with E-state index >= 15 is 0 Å². The van der Waals surface area contributed by atoms with Gasteiger partial charge in [0, 0.05) is 17.1 Å². The van der Waals surface area contributed by atoms with E-state index in [4.69, 9.17) is 9.47 Å². The molecule has 5 heteroatoms. The van der Waals surface area contributed by atoms with Crippen LogP contribution in [0, 0.1) is 0 Å². The molecule has 0 saturated carbocycles. The maximum Gasteiger partial charge on any atom is 0.379 e. The van der Waals surface area contributed by atoms with Crippen molar-refractivity contribution in [2.75, 3.05) is 13.7 Å². The van der Waals surface area contributed by atoms with Crippen LogP contribution < -0.4 is 4.74 Å². The van der Waals surface area contributed by atoms with Crippen LogP contribution in [0.1, 0.15) is 17.3 Å². The summed E-state index contributed by atoms with van der Waals surface area (Å²) in [6, 6.07) is 5.15. The van der Waals surface area contributed by atoms with Crippen molar-refractivity contribution < 1.29 is 19.1 Å². The number of nitrogens with one attached hydrogen (secondary N) is 1. The third-order valence-corrected chi connectivity index (χ3v) is 2.58. The van der Waals surface area contributed by atoms with E-state index in [1.54, 1.807) is 25.3 Å². The van der Waals surface area contributed by atoms with Gasteiger partial charge in [-0.05, 0) is 25.1 Å². The molecule has 0 atom stereocenters. The summed E-state index contributed by atoms with van der Waals surface area (Å²) in [7, 11) is 1.45. The van der Waals surface area contributed by atoms with Crippen LogP contribution in [0.3, 0.4) is 0 Å². The molecule has 1 aromatic heterocycles. The molecule has 0 aliphatic rings. The Labute approximate surface area is 104 Å². The second kappa shape index (κ2) is 4.91. The molecule has 0 saturated heterocycles. The van der Waals surface area contributed by atoms with Gasteiger partial charge in [-0.1, -0.05) is 0 Å². The Bertz CT molecular complexity index is 600. The Balaban J connectivity index is 2.47. The summed E-state index contributed by atoms with van der Waals surface area (Å²) in [6.07, 6.45) is 1.75. The van der Waals surface area contributed by atoms with Crippen molar-refractivity contribution in [1.29, 1.82) is 0 Å².